The minimum Gasteiger partial charge on any atom is -0.434 e. The van der Waals surface area contributed by atoms with Gasteiger partial charge in [0.05, 0.1) is 23.4 Å². The maximum absolute atomic E-state index is 14.4. The van der Waals surface area contributed by atoms with E-state index in [2.05, 4.69) is 19.8 Å². The summed E-state index contributed by atoms with van der Waals surface area (Å²) < 4.78 is 61.1. The molecule has 0 aliphatic heterocycles. The van der Waals surface area contributed by atoms with Gasteiger partial charge in [-0.2, -0.15) is 13.9 Å². The highest BCUT2D eigenvalue weighted by Crippen LogP contribution is 2.42. The van der Waals surface area contributed by atoms with Crippen molar-refractivity contribution >= 4 is 22.6 Å². The average molecular weight is 523 g/mol. The van der Waals surface area contributed by atoms with Gasteiger partial charge in [0.2, 0.25) is 0 Å². The van der Waals surface area contributed by atoms with Gasteiger partial charge in [-0.25, -0.2) is 9.37 Å². The van der Waals surface area contributed by atoms with Crippen LogP contribution < -0.4 is 4.74 Å². The molecule has 1 saturated carbocycles. The molecule has 1 unspecified atom stereocenters. The van der Waals surface area contributed by atoms with Gasteiger partial charge in [-0.15, -0.1) is 0 Å². The fraction of sp³-hybridized carbons (Fsp3) is 0.360. The molecule has 36 heavy (non-hydrogen) atoms. The molecule has 0 radical (unpaired) electrons. The molecule has 0 spiro atoms. The van der Waals surface area contributed by atoms with Gasteiger partial charge in [-0.1, -0.05) is 11.6 Å². The van der Waals surface area contributed by atoms with Crippen LogP contribution in [0.5, 0.6) is 5.75 Å². The van der Waals surface area contributed by atoms with E-state index in [0.29, 0.717) is 16.6 Å². The molecule has 1 aliphatic carbocycles. The lowest BCUT2D eigenvalue weighted by atomic mass is 9.91. The predicted octanol–water partition coefficient (Wildman–Crippen LogP) is 6.40. The number of H-pyrrole nitrogens is 1. The first-order chi connectivity index (χ1) is 17.4. The van der Waals surface area contributed by atoms with Crippen LogP contribution in [0.2, 0.25) is 5.02 Å². The lowest BCUT2D eigenvalue weighted by molar-refractivity contribution is -0.0506. The Morgan fingerprint density at radius 3 is 2.67 bits per heavy atom. The maximum atomic E-state index is 14.4. The van der Waals surface area contributed by atoms with Gasteiger partial charge in [0, 0.05) is 46.6 Å². The Hall–Kier alpha value is -3.11. The van der Waals surface area contributed by atoms with Crippen LogP contribution in [0.1, 0.15) is 48.8 Å². The van der Waals surface area contributed by atoms with Crippen molar-refractivity contribution in [3.05, 3.63) is 65.0 Å². The molecule has 1 fully saturated rings. The first kappa shape index (κ1) is 24.6. The van der Waals surface area contributed by atoms with Crippen molar-refractivity contribution < 1.29 is 27.4 Å². The molecular formula is C25H23ClF4N4O2. The average Bonchev–Trinajstić information content (AvgIpc) is 3.51. The van der Waals surface area contributed by atoms with Crippen LogP contribution in [0.4, 0.5) is 17.6 Å². The third-order valence-electron chi connectivity index (χ3n) is 6.73. The van der Waals surface area contributed by atoms with E-state index < -0.39 is 35.8 Å². The van der Waals surface area contributed by atoms with E-state index in [-0.39, 0.29) is 17.7 Å². The highest BCUT2D eigenvalue weighted by Gasteiger charge is 2.28. The molecule has 11 heteroatoms. The highest BCUT2D eigenvalue weighted by molar-refractivity contribution is 6.31. The highest BCUT2D eigenvalue weighted by atomic mass is 35.5. The Labute approximate surface area is 208 Å². The largest absolute Gasteiger partial charge is 0.434 e. The predicted molar refractivity (Wildman–Crippen MR) is 127 cm³/mol. The molecule has 1 atom stereocenters. The summed E-state index contributed by atoms with van der Waals surface area (Å²) in [5.41, 5.74) is 2.15. The minimum atomic E-state index is -3.19. The summed E-state index contributed by atoms with van der Waals surface area (Å²) in [6.07, 6.45) is 9.63. The number of alkyl halides is 3. The smallest absolute Gasteiger partial charge is 0.387 e. The van der Waals surface area contributed by atoms with Crippen molar-refractivity contribution in [2.75, 3.05) is 6.67 Å². The Balaban J connectivity index is 1.53. The van der Waals surface area contributed by atoms with Gasteiger partial charge < -0.3 is 14.8 Å². The molecule has 0 bridgehead atoms. The third-order valence-corrected chi connectivity index (χ3v) is 7.11. The summed E-state index contributed by atoms with van der Waals surface area (Å²) in [5, 5.41) is 14.3. The monoisotopic (exact) mass is 522 g/mol. The van der Waals surface area contributed by atoms with Crippen LogP contribution in [0.25, 0.3) is 22.2 Å². The zero-order chi connectivity index (χ0) is 25.4. The molecule has 1 aliphatic rings. The summed E-state index contributed by atoms with van der Waals surface area (Å²) in [4.78, 5) is 7.38. The number of ether oxygens (including phenoxy) is 1. The fourth-order valence-electron chi connectivity index (χ4n) is 4.87. The molecule has 2 N–H and O–H groups in total. The van der Waals surface area contributed by atoms with E-state index in [1.165, 1.54) is 6.20 Å². The summed E-state index contributed by atoms with van der Waals surface area (Å²) in [6.45, 7) is -4.23. The molecule has 3 aromatic heterocycles. The molecule has 6 nitrogen and oxygen atoms in total. The van der Waals surface area contributed by atoms with Gasteiger partial charge in [-0.05, 0) is 49.4 Å². The normalized spacial score (nSPS) is 19.2. The van der Waals surface area contributed by atoms with Crippen molar-refractivity contribution in [3.8, 4) is 16.9 Å². The molecule has 0 saturated heterocycles. The standard InChI is InChI=1S/C25H23ClF4N4O2/c26-23-20(28)5-6-21(36-25(29)30)22(23)18(8-27)19-11-32-24-17(19)7-13(9-31-24)14-10-33-34(12-14)15-1-3-16(35)4-2-15/h5-7,9-12,15-16,18,25,35H,1-4,8H2,(H,31,32)/t15-,16-,18?. The number of aliphatic hydroxyl groups excluding tert-OH is 1. The second-order valence-corrected chi connectivity index (χ2v) is 9.27. The number of benzene rings is 1. The van der Waals surface area contributed by atoms with E-state index in [1.54, 1.807) is 18.5 Å². The maximum Gasteiger partial charge on any atom is 0.387 e. The number of aromatic nitrogens is 4. The number of hydrogen-bond acceptors (Lipinski definition) is 4. The van der Waals surface area contributed by atoms with E-state index >= 15 is 0 Å². The lowest BCUT2D eigenvalue weighted by Crippen LogP contribution is -2.21. The Bertz CT molecular complexity index is 1370. The minimum absolute atomic E-state index is 0.195. The van der Waals surface area contributed by atoms with Gasteiger partial charge >= 0.3 is 6.61 Å². The SMILES string of the molecule is O[C@H]1CC[C@H](n2cc(-c3cnc4[nH]cc(C(CF)c5c(OC(F)F)ccc(F)c5Cl)c4c3)cn2)CC1. The van der Waals surface area contributed by atoms with Gasteiger partial charge in [0.15, 0.2) is 0 Å². The van der Waals surface area contributed by atoms with Crippen LogP contribution in [0.15, 0.2) is 43.0 Å². The Kier molecular flexibility index (Phi) is 6.90. The van der Waals surface area contributed by atoms with Crippen molar-refractivity contribution in [3.63, 3.8) is 0 Å². The van der Waals surface area contributed by atoms with Crippen LogP contribution in [0.3, 0.4) is 0 Å². The zero-order valence-electron chi connectivity index (χ0n) is 19.0. The molecule has 4 aromatic rings. The van der Waals surface area contributed by atoms with Gasteiger partial charge in [-0.3, -0.25) is 9.07 Å². The number of fused-ring (bicyclic) bond motifs is 1. The molecule has 1 aromatic carbocycles. The Morgan fingerprint density at radius 2 is 1.94 bits per heavy atom. The van der Waals surface area contributed by atoms with Crippen molar-refractivity contribution in [2.24, 2.45) is 0 Å². The van der Waals surface area contributed by atoms with E-state index in [1.807, 2.05) is 10.9 Å². The number of halogens is 5. The summed E-state index contributed by atoms with van der Waals surface area (Å²) in [5.74, 6) is -2.44. The van der Waals surface area contributed by atoms with Gasteiger partial charge in [0.1, 0.15) is 23.9 Å². The number of pyridine rings is 1. The molecule has 190 valence electrons. The molecular weight excluding hydrogens is 500 g/mol. The number of nitrogens with one attached hydrogen (secondary N) is 1. The van der Waals surface area contributed by atoms with Crippen LogP contribution in [-0.4, -0.2) is 44.2 Å². The second kappa shape index (κ2) is 10.1. The Morgan fingerprint density at radius 1 is 1.17 bits per heavy atom. The van der Waals surface area contributed by atoms with Gasteiger partial charge in [0.25, 0.3) is 0 Å². The topological polar surface area (TPSA) is 76.0 Å². The van der Waals surface area contributed by atoms with E-state index in [4.69, 9.17) is 11.6 Å². The molecule has 3 heterocycles. The first-order valence-corrected chi connectivity index (χ1v) is 11.9. The summed E-state index contributed by atoms with van der Waals surface area (Å²) in [6, 6.07) is 3.91. The zero-order valence-corrected chi connectivity index (χ0v) is 19.7. The van der Waals surface area contributed by atoms with Crippen molar-refractivity contribution in [2.45, 2.75) is 50.4 Å². The number of aliphatic hydroxyl groups is 1. The fourth-order valence-corrected chi connectivity index (χ4v) is 5.16. The number of rotatable bonds is 7. The second-order valence-electron chi connectivity index (χ2n) is 8.89. The van der Waals surface area contributed by atoms with Crippen LogP contribution in [0, 0.1) is 5.82 Å². The number of nitrogens with zero attached hydrogens (tertiary/aromatic N) is 3. The number of aromatic amines is 1. The summed E-state index contributed by atoms with van der Waals surface area (Å²) in [7, 11) is 0. The van der Waals surface area contributed by atoms with Crippen LogP contribution in [-0.2, 0) is 0 Å². The third kappa shape index (κ3) is 4.67. The first-order valence-electron chi connectivity index (χ1n) is 11.5. The molecule has 0 amide bonds. The molecule has 5 rings (SSSR count). The van der Waals surface area contributed by atoms with Crippen molar-refractivity contribution in [1.82, 2.24) is 19.7 Å². The van der Waals surface area contributed by atoms with E-state index in [0.717, 1.165) is 48.9 Å². The van der Waals surface area contributed by atoms with E-state index in [9.17, 15) is 22.7 Å². The number of hydrogen-bond donors (Lipinski definition) is 2. The summed E-state index contributed by atoms with van der Waals surface area (Å²) >= 11 is 6.12. The van der Waals surface area contributed by atoms with Crippen LogP contribution >= 0.6 is 11.6 Å². The lowest BCUT2D eigenvalue weighted by Gasteiger charge is -2.25. The van der Waals surface area contributed by atoms with Crippen molar-refractivity contribution in [1.29, 1.82) is 0 Å². The quantitative estimate of drug-likeness (QED) is 0.275.